The van der Waals surface area contributed by atoms with Gasteiger partial charge in [0.15, 0.2) is 0 Å². The first-order valence-electron chi connectivity index (χ1n) is 6.66. The Morgan fingerprint density at radius 2 is 2.24 bits per heavy atom. The number of sulfonamides is 1. The molecule has 9 heteroatoms. The van der Waals surface area contributed by atoms with Gasteiger partial charge in [0, 0.05) is 24.2 Å². The molecule has 0 atom stereocenters. The Labute approximate surface area is 128 Å². The zero-order chi connectivity index (χ0) is 15.3. The maximum absolute atomic E-state index is 12.2. The van der Waals surface area contributed by atoms with Crippen LogP contribution >= 0.6 is 11.3 Å². The molecule has 0 aliphatic rings. The molecular formula is C12H19N5O2S2. The zero-order valence-electron chi connectivity index (χ0n) is 12.0. The number of aromatic nitrogens is 3. The lowest BCUT2D eigenvalue weighted by Gasteiger charge is -2.04. The van der Waals surface area contributed by atoms with E-state index in [4.69, 9.17) is 0 Å². The quantitative estimate of drug-likeness (QED) is 0.745. The van der Waals surface area contributed by atoms with E-state index >= 15 is 0 Å². The molecule has 0 saturated carbocycles. The molecular weight excluding hydrogens is 310 g/mol. The van der Waals surface area contributed by atoms with Crippen molar-refractivity contribution in [3.8, 4) is 0 Å². The Morgan fingerprint density at radius 1 is 1.43 bits per heavy atom. The largest absolute Gasteiger partial charge is 0.312 e. The van der Waals surface area contributed by atoms with Crippen LogP contribution in [0.1, 0.15) is 17.4 Å². The summed E-state index contributed by atoms with van der Waals surface area (Å²) < 4.78 is 29.0. The second-order valence-corrected chi connectivity index (χ2v) is 7.65. The van der Waals surface area contributed by atoms with E-state index in [1.54, 1.807) is 23.1 Å². The van der Waals surface area contributed by atoms with Gasteiger partial charge in [0.25, 0.3) is 0 Å². The van der Waals surface area contributed by atoms with E-state index < -0.39 is 10.0 Å². The molecule has 116 valence electrons. The number of rotatable bonds is 8. The van der Waals surface area contributed by atoms with Crippen molar-refractivity contribution in [1.82, 2.24) is 25.0 Å². The van der Waals surface area contributed by atoms with Crippen molar-refractivity contribution in [2.75, 3.05) is 13.1 Å². The lowest BCUT2D eigenvalue weighted by Crippen LogP contribution is -2.27. The number of hydrogen-bond donors (Lipinski definition) is 2. The fraction of sp³-hybridized carbons (Fsp3) is 0.500. The molecule has 0 bridgehead atoms. The summed E-state index contributed by atoms with van der Waals surface area (Å²) in [5.41, 5.74) is 0.998. The molecule has 0 fully saturated rings. The molecule has 0 unspecified atom stereocenters. The monoisotopic (exact) mass is 329 g/mol. The molecule has 2 N–H and O–H groups in total. The van der Waals surface area contributed by atoms with Gasteiger partial charge in [0.1, 0.15) is 4.21 Å². The van der Waals surface area contributed by atoms with Gasteiger partial charge in [-0.2, -0.15) is 0 Å². The van der Waals surface area contributed by atoms with Crippen molar-refractivity contribution in [2.45, 2.75) is 31.1 Å². The lowest BCUT2D eigenvalue weighted by atomic mass is 10.3. The SMILES string of the molecule is CCNCc1sc(S(=O)(=O)NCCn2ccnn2)cc1C. The minimum atomic E-state index is -3.46. The van der Waals surface area contributed by atoms with Crippen LogP contribution in [0.2, 0.25) is 0 Å². The smallest absolute Gasteiger partial charge is 0.250 e. The van der Waals surface area contributed by atoms with Crippen molar-refractivity contribution in [3.05, 3.63) is 28.9 Å². The highest BCUT2D eigenvalue weighted by atomic mass is 32.2. The van der Waals surface area contributed by atoms with Crippen LogP contribution in [0.5, 0.6) is 0 Å². The van der Waals surface area contributed by atoms with Crippen molar-refractivity contribution in [3.63, 3.8) is 0 Å². The van der Waals surface area contributed by atoms with Crippen LogP contribution in [0.15, 0.2) is 22.7 Å². The third kappa shape index (κ3) is 4.34. The predicted molar refractivity (Wildman–Crippen MR) is 81.6 cm³/mol. The molecule has 0 amide bonds. The van der Waals surface area contributed by atoms with E-state index in [0.29, 0.717) is 17.3 Å². The number of nitrogens with zero attached hydrogens (tertiary/aromatic N) is 3. The minimum Gasteiger partial charge on any atom is -0.312 e. The van der Waals surface area contributed by atoms with Crippen LogP contribution < -0.4 is 10.0 Å². The second kappa shape index (κ2) is 7.12. The molecule has 2 aromatic heterocycles. The summed E-state index contributed by atoms with van der Waals surface area (Å²) in [4.78, 5) is 1.05. The highest BCUT2D eigenvalue weighted by molar-refractivity contribution is 7.91. The summed E-state index contributed by atoms with van der Waals surface area (Å²) >= 11 is 1.31. The van der Waals surface area contributed by atoms with Crippen LogP contribution in [0.25, 0.3) is 0 Å². The summed E-state index contributed by atoms with van der Waals surface area (Å²) in [5, 5.41) is 10.7. The molecule has 0 aromatic carbocycles. The number of nitrogens with one attached hydrogen (secondary N) is 2. The van der Waals surface area contributed by atoms with Gasteiger partial charge >= 0.3 is 0 Å². The Kier molecular flexibility index (Phi) is 5.45. The van der Waals surface area contributed by atoms with Crippen LogP contribution in [-0.4, -0.2) is 36.5 Å². The second-order valence-electron chi connectivity index (χ2n) is 4.52. The predicted octanol–water partition coefficient (Wildman–Crippen LogP) is 0.736. The van der Waals surface area contributed by atoms with E-state index in [1.807, 2.05) is 13.8 Å². The van der Waals surface area contributed by atoms with Crippen molar-refractivity contribution in [2.24, 2.45) is 0 Å². The van der Waals surface area contributed by atoms with Gasteiger partial charge in [-0.05, 0) is 25.1 Å². The maximum atomic E-state index is 12.2. The summed E-state index contributed by atoms with van der Waals surface area (Å²) in [6.07, 6.45) is 3.25. The van der Waals surface area contributed by atoms with Crippen molar-refractivity contribution >= 4 is 21.4 Å². The Hall–Kier alpha value is -1.29. The zero-order valence-corrected chi connectivity index (χ0v) is 13.7. The van der Waals surface area contributed by atoms with E-state index in [9.17, 15) is 8.42 Å². The van der Waals surface area contributed by atoms with Gasteiger partial charge in [-0.3, -0.25) is 4.68 Å². The van der Waals surface area contributed by atoms with Gasteiger partial charge in [-0.25, -0.2) is 13.1 Å². The van der Waals surface area contributed by atoms with Crippen LogP contribution in [0, 0.1) is 6.92 Å². The molecule has 7 nitrogen and oxygen atoms in total. The lowest BCUT2D eigenvalue weighted by molar-refractivity contribution is 0.554. The van der Waals surface area contributed by atoms with E-state index in [0.717, 1.165) is 17.0 Å². The number of thiophene rings is 1. The summed E-state index contributed by atoms with van der Waals surface area (Å²) in [6, 6.07) is 1.72. The highest BCUT2D eigenvalue weighted by Gasteiger charge is 2.18. The topological polar surface area (TPSA) is 88.9 Å². The standard InChI is InChI=1S/C12H19N5O2S2/c1-3-13-9-11-10(2)8-12(20-11)21(18,19)15-5-7-17-6-4-14-16-17/h4,6,8,13,15H,3,5,7,9H2,1-2H3. The highest BCUT2D eigenvalue weighted by Crippen LogP contribution is 2.25. The first-order valence-corrected chi connectivity index (χ1v) is 8.96. The molecule has 2 heterocycles. The van der Waals surface area contributed by atoms with Crippen molar-refractivity contribution in [1.29, 1.82) is 0 Å². The fourth-order valence-electron chi connectivity index (χ4n) is 1.75. The Bertz CT molecular complexity index is 664. The number of hydrogen-bond acceptors (Lipinski definition) is 6. The first kappa shape index (κ1) is 16.1. The van der Waals surface area contributed by atoms with Crippen LogP contribution in [-0.2, 0) is 23.1 Å². The van der Waals surface area contributed by atoms with Gasteiger partial charge in [0.05, 0.1) is 12.7 Å². The molecule has 0 saturated heterocycles. The first-order chi connectivity index (χ1) is 10.0. The summed E-state index contributed by atoms with van der Waals surface area (Å²) in [6.45, 7) is 6.24. The average Bonchev–Trinajstić information content (AvgIpc) is 3.06. The summed E-state index contributed by atoms with van der Waals surface area (Å²) in [7, 11) is -3.46. The molecule has 2 rings (SSSR count). The van der Waals surface area contributed by atoms with E-state index in [1.165, 1.54) is 11.3 Å². The molecule has 0 radical (unpaired) electrons. The van der Waals surface area contributed by atoms with Crippen LogP contribution in [0.4, 0.5) is 0 Å². The molecule has 21 heavy (non-hydrogen) atoms. The van der Waals surface area contributed by atoms with Crippen molar-refractivity contribution < 1.29 is 8.42 Å². The van der Waals surface area contributed by atoms with E-state index in [-0.39, 0.29) is 6.54 Å². The third-order valence-corrected chi connectivity index (χ3v) is 6.08. The third-order valence-electron chi connectivity index (χ3n) is 2.90. The van der Waals surface area contributed by atoms with Gasteiger partial charge in [-0.15, -0.1) is 16.4 Å². The number of aryl methyl sites for hydroxylation is 1. The minimum absolute atomic E-state index is 0.283. The Balaban J connectivity index is 1.98. The molecule has 0 aliphatic carbocycles. The molecule has 2 aromatic rings. The Morgan fingerprint density at radius 3 is 2.90 bits per heavy atom. The molecule has 0 spiro atoms. The summed E-state index contributed by atoms with van der Waals surface area (Å²) in [5.74, 6) is 0. The normalized spacial score (nSPS) is 11.9. The molecule has 0 aliphatic heterocycles. The van der Waals surface area contributed by atoms with Gasteiger partial charge < -0.3 is 5.32 Å². The average molecular weight is 329 g/mol. The fourth-order valence-corrected chi connectivity index (χ4v) is 4.38. The van der Waals surface area contributed by atoms with E-state index in [2.05, 4.69) is 20.4 Å². The maximum Gasteiger partial charge on any atom is 0.250 e. The van der Waals surface area contributed by atoms with Gasteiger partial charge in [0.2, 0.25) is 10.0 Å². The van der Waals surface area contributed by atoms with Gasteiger partial charge in [-0.1, -0.05) is 12.1 Å². The van der Waals surface area contributed by atoms with Crippen LogP contribution in [0.3, 0.4) is 0 Å².